The minimum Gasteiger partial charge on any atom is -0.489 e. The second-order valence-electron chi connectivity index (χ2n) is 7.64. The van der Waals surface area contributed by atoms with Crippen molar-refractivity contribution < 1.29 is 47.4 Å². The zero-order valence-electron chi connectivity index (χ0n) is 22.2. The molecule has 2 N–H and O–H groups in total. The summed E-state index contributed by atoms with van der Waals surface area (Å²) in [5, 5.41) is 0. The molecule has 0 aliphatic carbocycles. The van der Waals surface area contributed by atoms with Gasteiger partial charge in [-0.25, -0.2) is 0 Å². The fourth-order valence-corrected chi connectivity index (χ4v) is 2.73. The number of esters is 1. The molecule has 1 aromatic carbocycles. The summed E-state index contributed by atoms with van der Waals surface area (Å²) in [5.41, 5.74) is 6.42. The number of anilines is 1. The lowest BCUT2D eigenvalue weighted by Gasteiger charge is -2.09. The summed E-state index contributed by atoms with van der Waals surface area (Å²) in [4.78, 5) is 11.2. The molecule has 37 heavy (non-hydrogen) atoms. The maximum absolute atomic E-state index is 11.2. The largest absolute Gasteiger partial charge is 0.489 e. The van der Waals surface area contributed by atoms with Crippen molar-refractivity contribution in [2.45, 2.75) is 19.8 Å². The van der Waals surface area contributed by atoms with Gasteiger partial charge in [-0.1, -0.05) is 19.1 Å². The molecule has 214 valence electrons. The molecule has 1 aromatic rings. The van der Waals surface area contributed by atoms with E-state index < -0.39 is 0 Å². The molecule has 0 spiro atoms. The van der Waals surface area contributed by atoms with Crippen molar-refractivity contribution >= 4 is 11.7 Å². The van der Waals surface area contributed by atoms with Gasteiger partial charge in [-0.2, -0.15) is 0 Å². The van der Waals surface area contributed by atoms with Crippen LogP contribution in [-0.4, -0.2) is 112 Å². The van der Waals surface area contributed by atoms with Crippen LogP contribution in [0.1, 0.15) is 19.8 Å². The molecular weight excluding hydrogens is 486 g/mol. The Kier molecular flexibility index (Phi) is 22.9. The highest BCUT2D eigenvalue weighted by atomic mass is 16.6. The molecule has 1 rings (SSSR count). The summed E-state index contributed by atoms with van der Waals surface area (Å²) in [7, 11) is 0. The van der Waals surface area contributed by atoms with Crippen molar-refractivity contribution in [2.75, 3.05) is 111 Å². The average Bonchev–Trinajstić information content (AvgIpc) is 2.89. The third kappa shape index (κ3) is 21.8. The standard InChI is InChI=1S/C26H45NO10/c1-2-5-26(28)37-23-21-35-19-17-33-15-13-31-11-9-29-8-10-30-12-14-32-16-18-34-20-22-36-25-7-4-3-6-24(25)27/h3-4,6-7H,2,5,8-23,27H2,1H3. The molecule has 0 radical (unpaired) electrons. The normalized spacial score (nSPS) is 11.1. The zero-order valence-corrected chi connectivity index (χ0v) is 22.2. The average molecular weight is 532 g/mol. The van der Waals surface area contributed by atoms with E-state index in [0.29, 0.717) is 117 Å². The van der Waals surface area contributed by atoms with Gasteiger partial charge in [-0.15, -0.1) is 0 Å². The number of rotatable bonds is 27. The van der Waals surface area contributed by atoms with Gasteiger partial charge in [0.2, 0.25) is 0 Å². The molecular formula is C26H45NO10. The van der Waals surface area contributed by atoms with Crippen molar-refractivity contribution in [3.63, 3.8) is 0 Å². The van der Waals surface area contributed by atoms with Crippen LogP contribution < -0.4 is 10.5 Å². The quantitative estimate of drug-likeness (QED) is 0.102. The van der Waals surface area contributed by atoms with E-state index in [1.165, 1.54) is 0 Å². The van der Waals surface area contributed by atoms with Gasteiger partial charge in [-0.3, -0.25) is 4.79 Å². The Balaban J connectivity index is 1.67. The maximum Gasteiger partial charge on any atom is 0.305 e. The first kappa shape index (κ1) is 33.0. The van der Waals surface area contributed by atoms with Crippen molar-refractivity contribution in [1.29, 1.82) is 0 Å². The Morgan fingerprint density at radius 2 is 0.973 bits per heavy atom. The Morgan fingerprint density at radius 3 is 1.38 bits per heavy atom. The number of nitrogen functional groups attached to an aromatic ring is 1. The number of ether oxygens (including phenoxy) is 9. The number of carbonyl (C=O) groups is 1. The van der Waals surface area contributed by atoms with Crippen LogP contribution in [0.3, 0.4) is 0 Å². The summed E-state index contributed by atoms with van der Waals surface area (Å²) in [5.74, 6) is 0.480. The van der Waals surface area contributed by atoms with Crippen molar-refractivity contribution in [3.05, 3.63) is 24.3 Å². The molecule has 0 atom stereocenters. The van der Waals surface area contributed by atoms with Crippen molar-refractivity contribution in [3.8, 4) is 5.75 Å². The van der Waals surface area contributed by atoms with Gasteiger partial charge in [0.25, 0.3) is 0 Å². The number of carbonyl (C=O) groups excluding carboxylic acids is 1. The predicted molar refractivity (Wildman–Crippen MR) is 138 cm³/mol. The van der Waals surface area contributed by atoms with Crippen LogP contribution in [0.2, 0.25) is 0 Å². The van der Waals surface area contributed by atoms with Crippen LogP contribution in [-0.2, 0) is 42.7 Å². The molecule has 0 aliphatic heterocycles. The highest BCUT2D eigenvalue weighted by Gasteiger charge is 2.00. The lowest BCUT2D eigenvalue weighted by Crippen LogP contribution is -2.15. The number of hydrogen-bond acceptors (Lipinski definition) is 11. The molecule has 0 saturated carbocycles. The van der Waals surface area contributed by atoms with Gasteiger partial charge in [0.1, 0.15) is 19.0 Å². The molecule has 11 heteroatoms. The number of nitrogens with two attached hydrogens (primary N) is 1. The summed E-state index contributed by atoms with van der Waals surface area (Å²) < 4.78 is 48.5. The van der Waals surface area contributed by atoms with E-state index in [1.54, 1.807) is 6.07 Å². The van der Waals surface area contributed by atoms with E-state index in [9.17, 15) is 4.79 Å². The second kappa shape index (κ2) is 25.7. The van der Waals surface area contributed by atoms with Crippen LogP contribution >= 0.6 is 0 Å². The second-order valence-corrected chi connectivity index (χ2v) is 7.64. The maximum atomic E-state index is 11.2. The zero-order chi connectivity index (χ0) is 26.7. The molecule has 11 nitrogen and oxygen atoms in total. The monoisotopic (exact) mass is 531 g/mol. The van der Waals surface area contributed by atoms with Crippen LogP contribution in [0.5, 0.6) is 5.75 Å². The van der Waals surface area contributed by atoms with E-state index in [1.807, 2.05) is 25.1 Å². The van der Waals surface area contributed by atoms with Gasteiger partial charge in [0.05, 0.1) is 98.2 Å². The van der Waals surface area contributed by atoms with E-state index >= 15 is 0 Å². The smallest absolute Gasteiger partial charge is 0.305 e. The summed E-state index contributed by atoms with van der Waals surface area (Å²) >= 11 is 0. The van der Waals surface area contributed by atoms with E-state index in [4.69, 9.17) is 48.4 Å². The minimum atomic E-state index is -0.187. The number of hydrogen-bond donors (Lipinski definition) is 1. The lowest BCUT2D eigenvalue weighted by atomic mass is 10.3. The molecule has 0 heterocycles. The van der Waals surface area contributed by atoms with Gasteiger partial charge in [0.15, 0.2) is 0 Å². The van der Waals surface area contributed by atoms with Crippen molar-refractivity contribution in [2.24, 2.45) is 0 Å². The topological polar surface area (TPSA) is 126 Å². The Hall–Kier alpha value is -1.99. The molecule has 0 bridgehead atoms. The molecule has 0 unspecified atom stereocenters. The minimum absolute atomic E-state index is 0.187. The third-order valence-electron chi connectivity index (χ3n) is 4.58. The first-order valence-corrected chi connectivity index (χ1v) is 12.9. The van der Waals surface area contributed by atoms with E-state index in [-0.39, 0.29) is 12.6 Å². The van der Waals surface area contributed by atoms with Crippen LogP contribution in [0.15, 0.2) is 24.3 Å². The van der Waals surface area contributed by atoms with Gasteiger partial charge in [-0.05, 0) is 18.6 Å². The molecule has 0 saturated heterocycles. The van der Waals surface area contributed by atoms with E-state index in [0.717, 1.165) is 6.42 Å². The SMILES string of the molecule is CCCC(=O)OCCOCCOCCOCCOCCOCCOCCOCCOc1ccccc1N. The summed E-state index contributed by atoms with van der Waals surface area (Å²) in [6, 6.07) is 7.37. The highest BCUT2D eigenvalue weighted by Crippen LogP contribution is 2.19. The Labute approximate surface area is 220 Å². The van der Waals surface area contributed by atoms with Crippen LogP contribution in [0.4, 0.5) is 5.69 Å². The molecule has 0 aliphatic rings. The fourth-order valence-electron chi connectivity index (χ4n) is 2.73. The summed E-state index contributed by atoms with van der Waals surface area (Å²) in [6.07, 6.45) is 1.23. The predicted octanol–water partition coefficient (Wildman–Crippen LogP) is 2.11. The van der Waals surface area contributed by atoms with Crippen LogP contribution in [0, 0.1) is 0 Å². The lowest BCUT2D eigenvalue weighted by molar-refractivity contribution is -0.145. The van der Waals surface area contributed by atoms with Gasteiger partial charge >= 0.3 is 5.97 Å². The molecule has 0 fully saturated rings. The Bertz CT molecular complexity index is 650. The van der Waals surface area contributed by atoms with E-state index in [2.05, 4.69) is 0 Å². The first-order valence-electron chi connectivity index (χ1n) is 12.9. The third-order valence-corrected chi connectivity index (χ3v) is 4.58. The summed E-state index contributed by atoms with van der Waals surface area (Å²) in [6.45, 7) is 9.38. The number of para-hydroxylation sites is 2. The molecule has 0 aromatic heterocycles. The number of benzene rings is 1. The van der Waals surface area contributed by atoms with Gasteiger partial charge in [0, 0.05) is 6.42 Å². The highest BCUT2D eigenvalue weighted by molar-refractivity contribution is 5.69. The molecule has 0 amide bonds. The Morgan fingerprint density at radius 1 is 0.595 bits per heavy atom. The first-order chi connectivity index (χ1) is 18.2. The van der Waals surface area contributed by atoms with Gasteiger partial charge < -0.3 is 48.4 Å². The van der Waals surface area contributed by atoms with Crippen molar-refractivity contribution in [1.82, 2.24) is 0 Å². The van der Waals surface area contributed by atoms with Crippen LogP contribution in [0.25, 0.3) is 0 Å². The fraction of sp³-hybridized carbons (Fsp3) is 0.731.